The van der Waals surface area contributed by atoms with Gasteiger partial charge in [-0.1, -0.05) is 23.8 Å². The molecule has 29 heavy (non-hydrogen) atoms. The molecule has 3 rings (SSSR count). The van der Waals surface area contributed by atoms with E-state index in [9.17, 15) is 18.0 Å². The molecule has 0 saturated heterocycles. The molecule has 1 N–H and O–H groups in total. The number of esters is 1. The fraction of sp³-hybridized carbons (Fsp3) is 0.250. The zero-order valence-electron chi connectivity index (χ0n) is 16.1. The van der Waals surface area contributed by atoms with Gasteiger partial charge in [0.1, 0.15) is 12.3 Å². The van der Waals surface area contributed by atoms with Crippen molar-refractivity contribution in [3.8, 4) is 0 Å². The van der Waals surface area contributed by atoms with Crippen LogP contribution in [0.4, 0.5) is 0 Å². The Morgan fingerprint density at radius 3 is 2.59 bits per heavy atom. The summed E-state index contributed by atoms with van der Waals surface area (Å²) < 4.78 is 33.3. The van der Waals surface area contributed by atoms with Crippen molar-refractivity contribution in [3.05, 3.63) is 75.8 Å². The topological polar surface area (TPSA) is 107 Å². The molecule has 0 saturated carbocycles. The average molecular weight is 415 g/mol. The van der Waals surface area contributed by atoms with Crippen molar-refractivity contribution in [1.29, 1.82) is 0 Å². The minimum atomic E-state index is -3.69. The molecule has 8 nitrogen and oxygen atoms in total. The Balaban J connectivity index is 1.55. The number of carbonyl (C=O) groups is 1. The first kappa shape index (κ1) is 20.7. The third kappa shape index (κ3) is 5.07. The van der Waals surface area contributed by atoms with E-state index in [0.29, 0.717) is 11.3 Å². The maximum atomic E-state index is 12.2. The Kier molecular flexibility index (Phi) is 6.09. The maximum absolute atomic E-state index is 12.2. The number of nitrogens with zero attached hydrogens (tertiary/aromatic N) is 2. The van der Waals surface area contributed by atoms with Crippen LogP contribution < -0.4 is 10.3 Å². The molecular weight excluding hydrogens is 394 g/mol. The van der Waals surface area contributed by atoms with Crippen LogP contribution in [0, 0.1) is 13.8 Å². The lowest BCUT2D eigenvalue weighted by atomic mass is 10.2. The molecule has 0 radical (unpaired) electrons. The summed E-state index contributed by atoms with van der Waals surface area (Å²) in [4.78, 5) is 28.6. The lowest BCUT2D eigenvalue weighted by molar-refractivity contribution is -0.144. The highest BCUT2D eigenvalue weighted by Gasteiger charge is 2.14. The smallest absolute Gasteiger partial charge is 0.307 e. The predicted molar refractivity (Wildman–Crippen MR) is 107 cm³/mol. The molecule has 1 aromatic carbocycles. The number of benzene rings is 1. The molecule has 2 heterocycles. The van der Waals surface area contributed by atoms with E-state index in [4.69, 9.17) is 4.74 Å². The number of pyridine rings is 1. The lowest BCUT2D eigenvalue weighted by Gasteiger charge is -2.09. The van der Waals surface area contributed by atoms with E-state index in [1.807, 2.05) is 6.92 Å². The summed E-state index contributed by atoms with van der Waals surface area (Å²) >= 11 is 0. The van der Waals surface area contributed by atoms with Gasteiger partial charge in [-0.05, 0) is 38.1 Å². The Labute approximate surface area is 168 Å². The van der Waals surface area contributed by atoms with Gasteiger partial charge >= 0.3 is 5.97 Å². The summed E-state index contributed by atoms with van der Waals surface area (Å²) in [5, 5.41) is 0. The second kappa shape index (κ2) is 8.54. The largest absolute Gasteiger partial charge is 0.459 e. The average Bonchev–Trinajstić information content (AvgIpc) is 2.66. The number of hydrogen-bond acceptors (Lipinski definition) is 6. The summed E-state index contributed by atoms with van der Waals surface area (Å²) in [6.07, 6.45) is -0.142. The highest BCUT2D eigenvalue weighted by molar-refractivity contribution is 7.89. The summed E-state index contributed by atoms with van der Waals surface area (Å²) in [5.74, 6) is -0.595. The maximum Gasteiger partial charge on any atom is 0.307 e. The van der Waals surface area contributed by atoms with Crippen LogP contribution in [0.1, 0.15) is 23.4 Å². The van der Waals surface area contributed by atoms with Gasteiger partial charge in [0, 0.05) is 18.3 Å². The van der Waals surface area contributed by atoms with E-state index in [0.717, 1.165) is 11.3 Å². The Morgan fingerprint density at radius 2 is 1.86 bits per heavy atom. The Morgan fingerprint density at radius 1 is 1.14 bits per heavy atom. The normalized spacial score (nSPS) is 11.5. The molecule has 0 spiro atoms. The zero-order valence-corrected chi connectivity index (χ0v) is 16.9. The van der Waals surface area contributed by atoms with Crippen LogP contribution in [0.2, 0.25) is 0 Å². The molecule has 0 aliphatic heterocycles. The number of ether oxygens (including phenoxy) is 1. The molecule has 0 aliphatic carbocycles. The molecule has 0 amide bonds. The van der Waals surface area contributed by atoms with Gasteiger partial charge in [-0.15, -0.1) is 0 Å². The van der Waals surface area contributed by atoms with Gasteiger partial charge in [-0.25, -0.2) is 18.1 Å². The summed E-state index contributed by atoms with van der Waals surface area (Å²) in [6, 6.07) is 13.0. The molecule has 152 valence electrons. The Hall–Kier alpha value is -3.04. The van der Waals surface area contributed by atoms with Gasteiger partial charge in [0.15, 0.2) is 0 Å². The molecule has 9 heteroatoms. The van der Waals surface area contributed by atoms with Crippen LogP contribution in [-0.2, 0) is 26.2 Å². The summed E-state index contributed by atoms with van der Waals surface area (Å²) in [5.41, 5.74) is 2.24. The van der Waals surface area contributed by atoms with E-state index in [2.05, 4.69) is 9.71 Å². The Bertz CT molecular complexity index is 1200. The number of hydrogen-bond donors (Lipinski definition) is 1. The molecule has 3 aromatic rings. The van der Waals surface area contributed by atoms with Crippen molar-refractivity contribution in [2.75, 3.05) is 6.54 Å². The lowest BCUT2D eigenvalue weighted by Crippen LogP contribution is -2.26. The standard InChI is InChI=1S/C20H21N3O5S/c1-14-6-8-17(9-7-14)29(26,27)21-11-10-20(25)28-13-16-12-19(24)23-15(2)4-3-5-18(23)22-16/h3-9,12,21H,10-11,13H2,1-2H3. The molecule has 0 unspecified atom stereocenters. The molecule has 0 fully saturated rings. The molecule has 0 atom stereocenters. The molecular formula is C20H21N3O5S. The van der Waals surface area contributed by atoms with E-state index in [1.165, 1.54) is 22.6 Å². The van der Waals surface area contributed by atoms with Gasteiger partial charge in [0.05, 0.1) is 17.0 Å². The zero-order chi connectivity index (χ0) is 21.0. The number of rotatable bonds is 7. The van der Waals surface area contributed by atoms with Gasteiger partial charge in [0.2, 0.25) is 10.0 Å². The fourth-order valence-electron chi connectivity index (χ4n) is 2.75. The first-order valence-electron chi connectivity index (χ1n) is 8.96. The van der Waals surface area contributed by atoms with Crippen molar-refractivity contribution in [2.45, 2.75) is 31.8 Å². The second-order valence-electron chi connectivity index (χ2n) is 6.57. The summed E-state index contributed by atoms with van der Waals surface area (Å²) in [7, 11) is -3.69. The highest BCUT2D eigenvalue weighted by atomic mass is 32.2. The molecule has 2 aromatic heterocycles. The monoisotopic (exact) mass is 415 g/mol. The number of sulfonamides is 1. The van der Waals surface area contributed by atoms with Crippen LogP contribution in [-0.4, -0.2) is 30.3 Å². The van der Waals surface area contributed by atoms with E-state index >= 15 is 0 Å². The van der Waals surface area contributed by atoms with Crippen LogP contribution in [0.25, 0.3) is 5.65 Å². The van der Waals surface area contributed by atoms with Gasteiger partial charge in [-0.3, -0.25) is 14.0 Å². The van der Waals surface area contributed by atoms with Crippen LogP contribution in [0.5, 0.6) is 0 Å². The third-order valence-corrected chi connectivity index (χ3v) is 5.74. The minimum absolute atomic E-state index is 0.0952. The van der Waals surface area contributed by atoms with Crippen molar-refractivity contribution >= 4 is 21.6 Å². The number of aryl methyl sites for hydroxylation is 2. The van der Waals surface area contributed by atoms with Crippen molar-refractivity contribution in [2.24, 2.45) is 0 Å². The van der Waals surface area contributed by atoms with Gasteiger partial charge in [-0.2, -0.15) is 0 Å². The first-order valence-corrected chi connectivity index (χ1v) is 10.4. The van der Waals surface area contributed by atoms with Crippen molar-refractivity contribution in [3.63, 3.8) is 0 Å². The predicted octanol–water partition coefficient (Wildman–Crippen LogP) is 1.72. The third-order valence-electron chi connectivity index (χ3n) is 4.27. The number of fused-ring (bicyclic) bond motifs is 1. The van der Waals surface area contributed by atoms with E-state index < -0.39 is 16.0 Å². The molecule has 0 aliphatic rings. The number of carbonyl (C=O) groups excluding carboxylic acids is 1. The second-order valence-corrected chi connectivity index (χ2v) is 8.33. The SMILES string of the molecule is Cc1ccc(S(=O)(=O)NCCC(=O)OCc2cc(=O)n3c(C)cccc3n2)cc1. The van der Waals surface area contributed by atoms with Crippen LogP contribution in [0.3, 0.4) is 0 Å². The minimum Gasteiger partial charge on any atom is -0.459 e. The van der Waals surface area contributed by atoms with Crippen molar-refractivity contribution < 1.29 is 17.9 Å². The van der Waals surface area contributed by atoms with E-state index in [-0.39, 0.29) is 30.0 Å². The highest BCUT2D eigenvalue weighted by Crippen LogP contribution is 2.10. The van der Waals surface area contributed by atoms with Crippen LogP contribution in [0.15, 0.2) is 58.2 Å². The van der Waals surface area contributed by atoms with Crippen molar-refractivity contribution in [1.82, 2.24) is 14.1 Å². The number of nitrogens with one attached hydrogen (secondary N) is 1. The fourth-order valence-corrected chi connectivity index (χ4v) is 3.78. The van der Waals surface area contributed by atoms with E-state index in [1.54, 1.807) is 37.3 Å². The summed E-state index contributed by atoms with van der Waals surface area (Å²) in [6.45, 7) is 3.40. The number of aromatic nitrogens is 2. The first-order chi connectivity index (χ1) is 13.8. The van der Waals surface area contributed by atoms with Gasteiger partial charge < -0.3 is 4.74 Å². The molecule has 0 bridgehead atoms. The van der Waals surface area contributed by atoms with Gasteiger partial charge in [0.25, 0.3) is 5.56 Å². The van der Waals surface area contributed by atoms with Crippen LogP contribution >= 0.6 is 0 Å². The quantitative estimate of drug-likeness (QED) is 0.589.